The first-order valence-electron chi connectivity index (χ1n) is 14.1. The first-order valence-corrected chi connectivity index (χ1v) is 14.1. The zero-order chi connectivity index (χ0) is 26.7. The predicted octanol–water partition coefficient (Wildman–Crippen LogP) is 8.03. The van der Waals surface area contributed by atoms with Crippen LogP contribution in [0.5, 0.6) is 0 Å². The van der Waals surface area contributed by atoms with Gasteiger partial charge in [0.05, 0.1) is 18.4 Å². The fraction of sp³-hybridized carbons (Fsp3) is 0.515. The summed E-state index contributed by atoms with van der Waals surface area (Å²) in [4.78, 5) is 26.3. The molecule has 37 heavy (non-hydrogen) atoms. The number of unbranched alkanes of at least 4 members (excludes halogenated alkanes) is 3. The van der Waals surface area contributed by atoms with Gasteiger partial charge in [0, 0.05) is 0 Å². The summed E-state index contributed by atoms with van der Waals surface area (Å²) >= 11 is 0. The van der Waals surface area contributed by atoms with Gasteiger partial charge in [-0.1, -0.05) is 93.8 Å². The molecule has 1 unspecified atom stereocenters. The molecule has 0 spiro atoms. The number of allylic oxidation sites excluding steroid dienone is 1. The second-order valence-corrected chi connectivity index (χ2v) is 9.92. The fourth-order valence-electron chi connectivity index (χ4n) is 4.47. The van der Waals surface area contributed by atoms with E-state index < -0.39 is 0 Å². The Bertz CT molecular complexity index is 904. The average Bonchev–Trinajstić information content (AvgIpc) is 2.92. The molecule has 0 aliphatic rings. The lowest BCUT2D eigenvalue weighted by molar-refractivity contribution is -0.154. The maximum atomic E-state index is 13.3. The Morgan fingerprint density at radius 3 is 2.05 bits per heavy atom. The zero-order valence-electron chi connectivity index (χ0n) is 23.0. The van der Waals surface area contributed by atoms with Crippen LogP contribution in [0.15, 0.2) is 67.3 Å². The molecule has 0 fully saturated rings. The lowest BCUT2D eigenvalue weighted by Crippen LogP contribution is -2.27. The molecule has 0 amide bonds. The second kappa shape index (κ2) is 18.4. The van der Waals surface area contributed by atoms with Gasteiger partial charge >= 0.3 is 11.9 Å². The van der Waals surface area contributed by atoms with Crippen molar-refractivity contribution in [1.29, 1.82) is 0 Å². The number of rotatable bonds is 19. The van der Waals surface area contributed by atoms with Crippen LogP contribution in [0, 0.1) is 11.8 Å². The van der Waals surface area contributed by atoms with Crippen LogP contribution in [-0.4, -0.2) is 18.5 Å². The Labute approximate surface area is 224 Å². The van der Waals surface area contributed by atoms with Crippen molar-refractivity contribution in [3.63, 3.8) is 0 Å². The Morgan fingerprint density at radius 1 is 0.757 bits per heavy atom. The molecule has 0 aromatic heterocycles. The van der Waals surface area contributed by atoms with Crippen molar-refractivity contribution in [3.05, 3.63) is 83.9 Å². The summed E-state index contributed by atoms with van der Waals surface area (Å²) in [5, 5.41) is 0. The fourth-order valence-corrected chi connectivity index (χ4v) is 4.47. The van der Waals surface area contributed by atoms with Gasteiger partial charge in [0.1, 0.15) is 6.61 Å². The minimum absolute atomic E-state index is 0.183. The molecule has 4 nitrogen and oxygen atoms in total. The van der Waals surface area contributed by atoms with Crippen LogP contribution in [0.4, 0.5) is 0 Å². The Balaban J connectivity index is 2.11. The van der Waals surface area contributed by atoms with Crippen molar-refractivity contribution >= 4 is 11.9 Å². The third-order valence-electron chi connectivity index (χ3n) is 6.76. The highest BCUT2D eigenvalue weighted by atomic mass is 16.5. The smallest absolute Gasteiger partial charge is 0.309 e. The van der Waals surface area contributed by atoms with Gasteiger partial charge in [-0.15, -0.1) is 6.58 Å². The van der Waals surface area contributed by atoms with Crippen molar-refractivity contribution in [1.82, 2.24) is 0 Å². The summed E-state index contributed by atoms with van der Waals surface area (Å²) in [7, 11) is 0. The van der Waals surface area contributed by atoms with E-state index in [1.807, 2.05) is 36.4 Å². The van der Waals surface area contributed by atoms with E-state index in [0.29, 0.717) is 25.9 Å². The van der Waals surface area contributed by atoms with Gasteiger partial charge in [-0.3, -0.25) is 9.59 Å². The third-order valence-corrected chi connectivity index (χ3v) is 6.76. The highest BCUT2D eigenvalue weighted by Gasteiger charge is 2.29. The third kappa shape index (κ3) is 12.3. The molecule has 0 saturated carbocycles. The first-order chi connectivity index (χ1) is 18.1. The molecule has 4 heteroatoms. The molecule has 0 saturated heterocycles. The average molecular weight is 507 g/mol. The molecule has 0 radical (unpaired) electrons. The lowest BCUT2D eigenvalue weighted by Gasteiger charge is -2.22. The number of aryl methyl sites for hydroxylation is 2. The molecule has 202 valence electrons. The molecule has 2 atom stereocenters. The highest BCUT2D eigenvalue weighted by molar-refractivity contribution is 5.76. The van der Waals surface area contributed by atoms with Gasteiger partial charge in [0.25, 0.3) is 0 Å². The van der Waals surface area contributed by atoms with Gasteiger partial charge in [-0.25, -0.2) is 0 Å². The second-order valence-electron chi connectivity index (χ2n) is 9.92. The van der Waals surface area contributed by atoms with E-state index >= 15 is 0 Å². The van der Waals surface area contributed by atoms with Crippen LogP contribution < -0.4 is 0 Å². The zero-order valence-corrected chi connectivity index (χ0v) is 23.0. The Kier molecular flexibility index (Phi) is 15.1. The molecule has 0 N–H and O–H groups in total. The van der Waals surface area contributed by atoms with E-state index in [2.05, 4.69) is 44.7 Å². The first kappa shape index (κ1) is 30.3. The van der Waals surface area contributed by atoms with E-state index in [4.69, 9.17) is 9.47 Å². The van der Waals surface area contributed by atoms with E-state index in [-0.39, 0.29) is 30.4 Å². The molecule has 2 rings (SSSR count). The molecule has 2 aromatic carbocycles. The number of carbonyl (C=O) groups is 2. The number of ether oxygens (including phenoxy) is 2. The molecular formula is C33H46O4. The summed E-state index contributed by atoms with van der Waals surface area (Å²) in [6, 6.07) is 18.4. The maximum absolute atomic E-state index is 13.3. The van der Waals surface area contributed by atoms with Crippen LogP contribution in [0.3, 0.4) is 0 Å². The van der Waals surface area contributed by atoms with Gasteiger partial charge in [0.2, 0.25) is 0 Å². The van der Waals surface area contributed by atoms with Crippen molar-refractivity contribution in [2.24, 2.45) is 11.8 Å². The summed E-state index contributed by atoms with van der Waals surface area (Å²) in [6.07, 6.45) is 11.3. The summed E-state index contributed by atoms with van der Waals surface area (Å²) in [5.74, 6) is -1.08. The molecule has 0 bridgehead atoms. The van der Waals surface area contributed by atoms with E-state index in [1.54, 1.807) is 0 Å². The summed E-state index contributed by atoms with van der Waals surface area (Å²) in [6.45, 7) is 8.73. The highest BCUT2D eigenvalue weighted by Crippen LogP contribution is 2.26. The minimum atomic E-state index is -0.359. The quantitative estimate of drug-likeness (QED) is 0.110. The largest absolute Gasteiger partial charge is 0.465 e. The topological polar surface area (TPSA) is 52.6 Å². The van der Waals surface area contributed by atoms with Crippen molar-refractivity contribution in [2.45, 2.75) is 91.1 Å². The van der Waals surface area contributed by atoms with Gasteiger partial charge in [-0.05, 0) is 68.1 Å². The lowest BCUT2D eigenvalue weighted by atomic mass is 9.86. The van der Waals surface area contributed by atoms with Crippen LogP contribution in [0.25, 0.3) is 0 Å². The van der Waals surface area contributed by atoms with Crippen molar-refractivity contribution in [2.75, 3.05) is 6.61 Å². The molecular weight excluding hydrogens is 460 g/mol. The minimum Gasteiger partial charge on any atom is -0.465 e. The van der Waals surface area contributed by atoms with E-state index in [0.717, 1.165) is 56.9 Å². The summed E-state index contributed by atoms with van der Waals surface area (Å²) in [5.41, 5.74) is 3.49. The standard InChI is InChI=1S/C33H46O4/c1-4-7-9-13-17-30(32(34)36-24-8-5-2)25-31(33(35)37-26-29-15-11-10-12-16-29)23-22-28-20-18-27(14-6-3)19-21-28/h4,10-12,15-16,18-21,30-31H,1,5-9,13-14,17,22-26H2,2-3H3/t30?,31-/m1/s1. The number of esters is 2. The van der Waals surface area contributed by atoms with Crippen LogP contribution in [-0.2, 0) is 38.5 Å². The van der Waals surface area contributed by atoms with Gasteiger partial charge < -0.3 is 9.47 Å². The molecule has 0 aliphatic heterocycles. The van der Waals surface area contributed by atoms with Gasteiger partial charge in [0.15, 0.2) is 0 Å². The Morgan fingerprint density at radius 2 is 1.41 bits per heavy atom. The number of benzene rings is 2. The predicted molar refractivity (Wildman–Crippen MR) is 151 cm³/mol. The van der Waals surface area contributed by atoms with Crippen LogP contribution in [0.2, 0.25) is 0 Å². The Hall–Kier alpha value is -2.88. The monoisotopic (exact) mass is 506 g/mol. The van der Waals surface area contributed by atoms with E-state index in [9.17, 15) is 9.59 Å². The number of hydrogen-bond donors (Lipinski definition) is 0. The van der Waals surface area contributed by atoms with Crippen molar-refractivity contribution < 1.29 is 19.1 Å². The molecule has 2 aromatic rings. The van der Waals surface area contributed by atoms with Gasteiger partial charge in [-0.2, -0.15) is 0 Å². The number of hydrogen-bond acceptors (Lipinski definition) is 4. The van der Waals surface area contributed by atoms with E-state index in [1.165, 1.54) is 11.1 Å². The van der Waals surface area contributed by atoms with Crippen LogP contribution >= 0.6 is 0 Å². The van der Waals surface area contributed by atoms with Crippen LogP contribution in [0.1, 0.15) is 88.3 Å². The molecule has 0 aliphatic carbocycles. The van der Waals surface area contributed by atoms with Crippen molar-refractivity contribution in [3.8, 4) is 0 Å². The normalized spacial score (nSPS) is 12.5. The number of carbonyl (C=O) groups excluding carboxylic acids is 2. The molecule has 0 heterocycles. The maximum Gasteiger partial charge on any atom is 0.309 e. The summed E-state index contributed by atoms with van der Waals surface area (Å²) < 4.78 is 11.3. The SMILES string of the molecule is C=CCCCCC(C[C@@H](CCc1ccc(CCC)cc1)C(=O)OCc1ccccc1)C(=O)OCCCC.